The van der Waals surface area contributed by atoms with Gasteiger partial charge in [-0.2, -0.15) is 0 Å². The van der Waals surface area contributed by atoms with Crippen LogP contribution in [0.4, 0.5) is 15.8 Å². The first-order valence-corrected chi connectivity index (χ1v) is 7.01. The Morgan fingerprint density at radius 2 is 2.17 bits per heavy atom. The van der Waals surface area contributed by atoms with E-state index in [-0.39, 0.29) is 30.4 Å². The lowest BCUT2D eigenvalue weighted by Crippen LogP contribution is -2.39. The highest BCUT2D eigenvalue weighted by molar-refractivity contribution is 5.86. The average molecular weight is 319 g/mol. The fourth-order valence-electron chi connectivity index (χ4n) is 1.93. The fraction of sp³-hybridized carbons (Fsp3) is 0.375. The largest absolute Gasteiger partial charge is 0.423 e. The molecule has 1 amide bonds. The predicted octanol–water partition coefficient (Wildman–Crippen LogP) is 1.67. The van der Waals surface area contributed by atoms with Crippen molar-refractivity contribution in [2.75, 3.05) is 23.4 Å². The molecule has 122 valence electrons. The number of esters is 1. The molecule has 1 aromatic carbocycles. The summed E-state index contributed by atoms with van der Waals surface area (Å²) in [4.78, 5) is 24.9. The number of hydrazine groups is 1. The zero-order valence-electron chi connectivity index (χ0n) is 13.2. The summed E-state index contributed by atoms with van der Waals surface area (Å²) in [5, 5.41) is 0. The van der Waals surface area contributed by atoms with Crippen LogP contribution < -0.4 is 20.5 Å². The van der Waals surface area contributed by atoms with E-state index in [1.807, 2.05) is 0 Å². The van der Waals surface area contributed by atoms with Crippen molar-refractivity contribution in [3.05, 3.63) is 17.9 Å². The number of benzene rings is 1. The summed E-state index contributed by atoms with van der Waals surface area (Å²) in [7, 11) is 0. The molecule has 0 spiro atoms. The van der Waals surface area contributed by atoms with E-state index in [9.17, 15) is 14.0 Å². The highest BCUT2D eigenvalue weighted by Crippen LogP contribution is 2.36. The van der Waals surface area contributed by atoms with E-state index in [4.69, 9.17) is 11.2 Å². The van der Waals surface area contributed by atoms with Gasteiger partial charge in [0.15, 0.2) is 11.6 Å². The number of rotatable bonds is 3. The van der Waals surface area contributed by atoms with E-state index in [2.05, 4.69) is 16.8 Å². The average Bonchev–Trinajstić information content (AvgIpc) is 2.44. The summed E-state index contributed by atoms with van der Waals surface area (Å²) in [5.74, 6) is 1.08. The monoisotopic (exact) mass is 319 g/mol. The van der Waals surface area contributed by atoms with Gasteiger partial charge in [0.1, 0.15) is 6.54 Å². The van der Waals surface area contributed by atoms with Crippen LogP contribution in [0.15, 0.2) is 12.1 Å². The number of hydrogen-bond donors (Lipinski definition) is 2. The Kier molecular flexibility index (Phi) is 4.45. The van der Waals surface area contributed by atoms with Crippen LogP contribution in [-0.4, -0.2) is 25.0 Å². The van der Waals surface area contributed by atoms with Crippen molar-refractivity contribution in [3.63, 3.8) is 0 Å². The highest BCUT2D eigenvalue weighted by atomic mass is 19.1. The third-order valence-corrected chi connectivity index (χ3v) is 3.21. The maximum Gasteiger partial charge on any atom is 0.331 e. The van der Waals surface area contributed by atoms with Gasteiger partial charge in [0, 0.05) is 11.5 Å². The topological polar surface area (TPSA) is 70.7 Å². The lowest BCUT2D eigenvalue weighted by Gasteiger charge is -2.29. The van der Waals surface area contributed by atoms with E-state index in [1.54, 1.807) is 25.7 Å². The van der Waals surface area contributed by atoms with E-state index >= 15 is 0 Å². The molecule has 0 aliphatic carbocycles. The minimum atomic E-state index is -0.659. The second-order valence-electron chi connectivity index (χ2n) is 6.16. The molecule has 0 aromatic heterocycles. The molecule has 0 bridgehead atoms. The molecule has 2 rings (SSSR count). The van der Waals surface area contributed by atoms with Crippen molar-refractivity contribution < 1.29 is 18.7 Å². The summed E-state index contributed by atoms with van der Waals surface area (Å²) in [6.07, 6.45) is 5.29. The molecular formula is C16H18FN3O3. The number of carbonyl (C=O) groups is 2. The first kappa shape index (κ1) is 16.6. The molecule has 0 saturated carbocycles. The maximum absolute atomic E-state index is 14.1. The molecule has 1 aliphatic rings. The summed E-state index contributed by atoms with van der Waals surface area (Å²) in [6, 6.07) is 2.53. The number of terminal acetylenes is 1. The highest BCUT2D eigenvalue weighted by Gasteiger charge is 2.26. The van der Waals surface area contributed by atoms with Crippen molar-refractivity contribution in [2.45, 2.75) is 20.8 Å². The van der Waals surface area contributed by atoms with Gasteiger partial charge < -0.3 is 9.64 Å². The first-order valence-electron chi connectivity index (χ1n) is 7.01. The molecule has 0 saturated heterocycles. The van der Waals surface area contributed by atoms with Crippen LogP contribution in [0.1, 0.15) is 20.8 Å². The number of amides is 1. The molecule has 7 heteroatoms. The van der Waals surface area contributed by atoms with E-state index in [0.717, 1.165) is 6.07 Å². The SMILES string of the molecule is C#CCN1CC(=O)Oc2cc(F)c(NNC(=O)C(C)(C)C)cc21. The lowest BCUT2D eigenvalue weighted by molar-refractivity contribution is -0.133. The third kappa shape index (κ3) is 3.72. The number of nitrogens with one attached hydrogen (secondary N) is 2. The number of hydrogen-bond acceptors (Lipinski definition) is 5. The molecular weight excluding hydrogens is 301 g/mol. The number of halogens is 1. The molecule has 6 nitrogen and oxygen atoms in total. The van der Waals surface area contributed by atoms with E-state index < -0.39 is 17.2 Å². The molecule has 0 radical (unpaired) electrons. The second-order valence-corrected chi connectivity index (χ2v) is 6.16. The van der Waals surface area contributed by atoms with Crippen LogP contribution in [0.25, 0.3) is 0 Å². The van der Waals surface area contributed by atoms with Crippen molar-refractivity contribution in [3.8, 4) is 18.1 Å². The van der Waals surface area contributed by atoms with Gasteiger partial charge in [0.2, 0.25) is 5.91 Å². The number of fused-ring (bicyclic) bond motifs is 1. The van der Waals surface area contributed by atoms with Crippen LogP contribution in [-0.2, 0) is 9.59 Å². The lowest BCUT2D eigenvalue weighted by atomic mass is 9.96. The standard InChI is InChI=1S/C16H18FN3O3/c1-5-6-20-9-14(21)23-13-7-10(17)11(8-12(13)20)18-19-15(22)16(2,3)4/h1,7-8,18H,6,9H2,2-4H3,(H,19,22). The number of nitrogens with zero attached hydrogens (tertiary/aromatic N) is 1. The van der Waals surface area contributed by atoms with Gasteiger partial charge in [0.25, 0.3) is 0 Å². The van der Waals surface area contributed by atoms with Gasteiger partial charge in [-0.15, -0.1) is 6.42 Å². The molecule has 0 atom stereocenters. The Morgan fingerprint density at radius 1 is 1.48 bits per heavy atom. The van der Waals surface area contributed by atoms with Crippen molar-refractivity contribution >= 4 is 23.3 Å². The predicted molar refractivity (Wildman–Crippen MR) is 84.3 cm³/mol. The number of anilines is 2. The smallest absolute Gasteiger partial charge is 0.331 e. The third-order valence-electron chi connectivity index (χ3n) is 3.21. The van der Waals surface area contributed by atoms with Crippen molar-refractivity contribution in [1.29, 1.82) is 0 Å². The van der Waals surface area contributed by atoms with E-state index in [0.29, 0.717) is 5.69 Å². The number of carbonyl (C=O) groups excluding carboxylic acids is 2. The molecule has 1 heterocycles. The summed E-state index contributed by atoms with van der Waals surface area (Å²) < 4.78 is 19.1. The molecule has 1 aromatic rings. The molecule has 0 fully saturated rings. The Labute approximate surface area is 134 Å². The van der Waals surface area contributed by atoms with Crippen LogP contribution in [0.5, 0.6) is 5.75 Å². The summed E-state index contributed by atoms with van der Waals surface area (Å²) in [6.45, 7) is 5.38. The second kappa shape index (κ2) is 6.16. The van der Waals surface area contributed by atoms with Crippen molar-refractivity contribution in [2.24, 2.45) is 5.41 Å². The maximum atomic E-state index is 14.1. The van der Waals surface area contributed by atoms with Crippen LogP contribution in [0, 0.1) is 23.6 Å². The molecule has 2 N–H and O–H groups in total. The minimum Gasteiger partial charge on any atom is -0.423 e. The van der Waals surface area contributed by atoms with Crippen molar-refractivity contribution in [1.82, 2.24) is 5.43 Å². The first-order chi connectivity index (χ1) is 10.7. The van der Waals surface area contributed by atoms with Gasteiger partial charge in [0.05, 0.1) is 17.9 Å². The Bertz CT molecular complexity index is 689. The van der Waals surface area contributed by atoms with Crippen LogP contribution in [0.3, 0.4) is 0 Å². The molecule has 0 unspecified atom stereocenters. The molecule has 23 heavy (non-hydrogen) atoms. The number of ether oxygens (including phenoxy) is 1. The summed E-state index contributed by atoms with van der Waals surface area (Å²) in [5.41, 5.74) is 4.91. The molecule has 1 aliphatic heterocycles. The fourth-order valence-corrected chi connectivity index (χ4v) is 1.93. The quantitative estimate of drug-likeness (QED) is 0.384. The normalized spacial score (nSPS) is 13.7. The van der Waals surface area contributed by atoms with Crippen LogP contribution in [0.2, 0.25) is 0 Å². The van der Waals surface area contributed by atoms with Crippen LogP contribution >= 0.6 is 0 Å². The minimum absolute atomic E-state index is 0.0172. The Morgan fingerprint density at radius 3 is 2.78 bits per heavy atom. The zero-order valence-corrected chi connectivity index (χ0v) is 13.2. The van der Waals surface area contributed by atoms with Gasteiger partial charge in [-0.3, -0.25) is 15.6 Å². The van der Waals surface area contributed by atoms with Gasteiger partial charge >= 0.3 is 5.97 Å². The van der Waals surface area contributed by atoms with Gasteiger partial charge in [-0.25, -0.2) is 9.18 Å². The Hall–Kier alpha value is -2.75. The van der Waals surface area contributed by atoms with Gasteiger partial charge in [-0.05, 0) is 6.07 Å². The Balaban J connectivity index is 2.26. The summed E-state index contributed by atoms with van der Waals surface area (Å²) >= 11 is 0. The zero-order chi connectivity index (χ0) is 17.2. The van der Waals surface area contributed by atoms with Gasteiger partial charge in [-0.1, -0.05) is 26.7 Å². The van der Waals surface area contributed by atoms with E-state index in [1.165, 1.54) is 6.07 Å².